The van der Waals surface area contributed by atoms with Gasteiger partial charge in [-0.15, -0.1) is 0 Å². The van der Waals surface area contributed by atoms with Gasteiger partial charge in [0, 0.05) is 18.0 Å². The maximum atomic E-state index is 13.2. The molecule has 1 unspecified atom stereocenters. The average Bonchev–Trinajstić information content (AvgIpc) is 2.90. The number of rotatable bonds is 1. The monoisotopic (exact) mass is 303 g/mol. The summed E-state index contributed by atoms with van der Waals surface area (Å²) < 4.78 is 33.7. The van der Waals surface area contributed by atoms with Crippen molar-refractivity contribution in [3.05, 3.63) is 28.4 Å². The zero-order valence-electron chi connectivity index (χ0n) is 8.58. The molecule has 0 bridgehead atoms. The molecule has 1 atom stereocenters. The standard InChI is InChI=1S/C10H8BrF2N3O/c11-9-5-3-6(12)7(13)4-8(5)16(15-9)10-14-1-2-17-10/h3-4,10,14H,1-2H2. The van der Waals surface area contributed by atoms with Gasteiger partial charge in [0.25, 0.3) is 0 Å². The highest BCUT2D eigenvalue weighted by Gasteiger charge is 2.22. The summed E-state index contributed by atoms with van der Waals surface area (Å²) in [6, 6.07) is 2.24. The van der Waals surface area contributed by atoms with Crippen LogP contribution in [0.3, 0.4) is 0 Å². The van der Waals surface area contributed by atoms with Crippen LogP contribution >= 0.6 is 15.9 Å². The number of halogens is 3. The molecule has 1 saturated heterocycles. The van der Waals surface area contributed by atoms with Crippen molar-refractivity contribution < 1.29 is 13.5 Å². The predicted octanol–water partition coefficient (Wildman–Crippen LogP) is 2.15. The van der Waals surface area contributed by atoms with Crippen LogP contribution in [0, 0.1) is 11.6 Å². The number of ether oxygens (including phenoxy) is 1. The Morgan fingerprint density at radius 3 is 2.88 bits per heavy atom. The largest absolute Gasteiger partial charge is 0.342 e. The summed E-state index contributed by atoms with van der Waals surface area (Å²) in [6.45, 7) is 1.26. The molecule has 1 aromatic carbocycles. The Hall–Kier alpha value is -1.05. The van der Waals surface area contributed by atoms with Crippen molar-refractivity contribution in [3.8, 4) is 0 Å². The first kappa shape index (κ1) is 11.1. The third-order valence-electron chi connectivity index (χ3n) is 2.62. The molecule has 2 heterocycles. The number of benzene rings is 1. The minimum atomic E-state index is -0.899. The van der Waals surface area contributed by atoms with Gasteiger partial charge in [0.2, 0.25) is 6.35 Å². The minimum absolute atomic E-state index is 0.436. The molecule has 0 radical (unpaired) electrons. The second-order valence-corrected chi connectivity index (χ2v) is 4.45. The molecule has 1 aliphatic heterocycles. The minimum Gasteiger partial charge on any atom is -0.342 e. The van der Waals surface area contributed by atoms with E-state index >= 15 is 0 Å². The molecule has 0 saturated carbocycles. The summed E-state index contributed by atoms with van der Waals surface area (Å²) in [7, 11) is 0. The molecule has 1 aliphatic rings. The number of fused-ring (bicyclic) bond motifs is 1. The first-order valence-electron chi connectivity index (χ1n) is 5.04. The van der Waals surface area contributed by atoms with Crippen LogP contribution in [0.1, 0.15) is 6.35 Å². The van der Waals surface area contributed by atoms with Crippen LogP contribution in [-0.2, 0) is 4.74 Å². The summed E-state index contributed by atoms with van der Waals surface area (Å²) in [5.41, 5.74) is 0.482. The Labute approximate surface area is 104 Å². The highest BCUT2D eigenvalue weighted by molar-refractivity contribution is 9.10. The lowest BCUT2D eigenvalue weighted by atomic mass is 10.2. The second-order valence-electron chi connectivity index (χ2n) is 3.70. The van der Waals surface area contributed by atoms with Crippen molar-refractivity contribution in [1.29, 1.82) is 0 Å². The van der Waals surface area contributed by atoms with Gasteiger partial charge >= 0.3 is 0 Å². The van der Waals surface area contributed by atoms with Crippen molar-refractivity contribution in [2.45, 2.75) is 6.35 Å². The first-order valence-corrected chi connectivity index (χ1v) is 5.84. The maximum absolute atomic E-state index is 13.2. The van der Waals surface area contributed by atoms with Crippen molar-refractivity contribution in [2.24, 2.45) is 0 Å². The molecule has 1 aromatic heterocycles. The average molecular weight is 304 g/mol. The molecule has 0 amide bonds. The molecule has 1 fully saturated rings. The Morgan fingerprint density at radius 1 is 1.41 bits per heavy atom. The number of hydrogen-bond donors (Lipinski definition) is 1. The van der Waals surface area contributed by atoms with Crippen molar-refractivity contribution in [2.75, 3.05) is 13.2 Å². The van der Waals surface area contributed by atoms with Gasteiger partial charge in [0.15, 0.2) is 11.6 Å². The molecule has 7 heteroatoms. The SMILES string of the molecule is Fc1cc2c(Br)nn(C3NCCO3)c2cc1F. The molecular weight excluding hydrogens is 296 g/mol. The van der Waals surface area contributed by atoms with E-state index in [0.717, 1.165) is 12.1 Å². The van der Waals surface area contributed by atoms with Gasteiger partial charge in [0.05, 0.1) is 12.1 Å². The Kier molecular flexibility index (Phi) is 2.61. The molecule has 3 rings (SSSR count). The Bertz CT molecular complexity index is 580. The van der Waals surface area contributed by atoms with Gasteiger partial charge in [-0.1, -0.05) is 0 Å². The Balaban J connectivity index is 2.21. The first-order chi connectivity index (χ1) is 8.16. The highest BCUT2D eigenvalue weighted by atomic mass is 79.9. The van der Waals surface area contributed by atoms with Gasteiger partial charge < -0.3 is 4.74 Å². The van der Waals surface area contributed by atoms with E-state index in [1.165, 1.54) is 4.68 Å². The third-order valence-corrected chi connectivity index (χ3v) is 3.21. The molecular formula is C10H8BrF2N3O. The van der Waals surface area contributed by atoms with Crippen molar-refractivity contribution >= 4 is 26.8 Å². The summed E-state index contributed by atoms with van der Waals surface area (Å²) in [5, 5.41) is 7.74. The van der Waals surface area contributed by atoms with Gasteiger partial charge in [0.1, 0.15) is 4.60 Å². The van der Waals surface area contributed by atoms with Gasteiger partial charge in [-0.2, -0.15) is 5.10 Å². The zero-order chi connectivity index (χ0) is 12.0. The molecule has 0 aliphatic carbocycles. The fourth-order valence-corrected chi connectivity index (χ4v) is 2.33. The van der Waals surface area contributed by atoms with Gasteiger partial charge in [-0.25, -0.2) is 13.5 Å². The molecule has 90 valence electrons. The van der Waals surface area contributed by atoms with Crippen LogP contribution < -0.4 is 5.32 Å². The lowest BCUT2D eigenvalue weighted by Gasteiger charge is -2.11. The fraction of sp³-hybridized carbons (Fsp3) is 0.300. The quantitative estimate of drug-likeness (QED) is 0.877. The van der Waals surface area contributed by atoms with Crippen LogP contribution in [0.2, 0.25) is 0 Å². The van der Waals surface area contributed by atoms with E-state index in [2.05, 4.69) is 26.3 Å². The second kappa shape index (κ2) is 4.01. The fourth-order valence-electron chi connectivity index (χ4n) is 1.84. The van der Waals surface area contributed by atoms with E-state index in [1.54, 1.807) is 0 Å². The third kappa shape index (κ3) is 1.74. The highest BCUT2D eigenvalue weighted by Crippen LogP contribution is 2.28. The van der Waals surface area contributed by atoms with Crippen LogP contribution in [0.5, 0.6) is 0 Å². The molecule has 4 nitrogen and oxygen atoms in total. The van der Waals surface area contributed by atoms with E-state index in [4.69, 9.17) is 4.74 Å². The number of hydrogen-bond acceptors (Lipinski definition) is 3. The molecule has 0 spiro atoms. The predicted molar refractivity (Wildman–Crippen MR) is 60.3 cm³/mol. The van der Waals surface area contributed by atoms with Crippen molar-refractivity contribution in [1.82, 2.24) is 15.1 Å². The smallest absolute Gasteiger partial charge is 0.206 e. The van der Waals surface area contributed by atoms with Crippen LogP contribution in [0.25, 0.3) is 10.9 Å². The lowest BCUT2D eigenvalue weighted by molar-refractivity contribution is 0.0377. The van der Waals surface area contributed by atoms with E-state index in [1.807, 2.05) is 0 Å². The summed E-state index contributed by atoms with van der Waals surface area (Å²) in [5.74, 6) is -1.79. The van der Waals surface area contributed by atoms with E-state index in [0.29, 0.717) is 28.7 Å². The van der Waals surface area contributed by atoms with Crippen LogP contribution in [0.4, 0.5) is 8.78 Å². The van der Waals surface area contributed by atoms with Gasteiger partial charge in [-0.05, 0) is 22.0 Å². The summed E-state index contributed by atoms with van der Waals surface area (Å²) in [4.78, 5) is 0. The Morgan fingerprint density at radius 2 is 2.18 bits per heavy atom. The summed E-state index contributed by atoms with van der Waals surface area (Å²) >= 11 is 3.22. The van der Waals surface area contributed by atoms with Crippen LogP contribution in [0.15, 0.2) is 16.7 Å². The number of nitrogens with one attached hydrogen (secondary N) is 1. The normalized spacial score (nSPS) is 20.3. The van der Waals surface area contributed by atoms with Crippen LogP contribution in [-0.4, -0.2) is 22.9 Å². The number of nitrogens with zero attached hydrogens (tertiary/aromatic N) is 2. The molecule has 1 N–H and O–H groups in total. The topological polar surface area (TPSA) is 39.1 Å². The van der Waals surface area contributed by atoms with Crippen molar-refractivity contribution in [3.63, 3.8) is 0 Å². The number of aromatic nitrogens is 2. The van der Waals surface area contributed by atoms with E-state index < -0.39 is 18.0 Å². The lowest BCUT2D eigenvalue weighted by Crippen LogP contribution is -2.21. The van der Waals surface area contributed by atoms with E-state index in [-0.39, 0.29) is 0 Å². The zero-order valence-corrected chi connectivity index (χ0v) is 10.2. The molecule has 2 aromatic rings. The summed E-state index contributed by atoms with van der Waals surface area (Å²) in [6.07, 6.45) is -0.436. The van der Waals surface area contributed by atoms with Gasteiger partial charge in [-0.3, -0.25) is 5.32 Å². The maximum Gasteiger partial charge on any atom is 0.206 e. The molecule has 17 heavy (non-hydrogen) atoms. The van der Waals surface area contributed by atoms with E-state index in [9.17, 15) is 8.78 Å².